The molecule has 0 aliphatic carbocycles. The number of ketones is 1. The third-order valence-electron chi connectivity index (χ3n) is 2.23. The molecule has 0 aliphatic heterocycles. The van der Waals surface area contributed by atoms with E-state index in [2.05, 4.69) is 10.3 Å². The second-order valence-electron chi connectivity index (χ2n) is 3.29. The number of benzene rings is 1. The minimum absolute atomic E-state index is 0.0186. The first-order chi connectivity index (χ1) is 8.02. The average molecular weight is 241 g/mol. The van der Waals surface area contributed by atoms with Crippen LogP contribution in [0.5, 0.6) is 0 Å². The van der Waals surface area contributed by atoms with Gasteiger partial charge in [-0.15, -0.1) is 5.10 Å². The zero-order valence-electron chi connectivity index (χ0n) is 8.62. The Labute approximate surface area is 93.7 Å². The van der Waals surface area contributed by atoms with E-state index < -0.39 is 28.8 Å². The fourth-order valence-corrected chi connectivity index (χ4v) is 1.33. The van der Waals surface area contributed by atoms with Crippen molar-refractivity contribution in [2.75, 3.05) is 0 Å². The molecule has 2 aromatic rings. The molecule has 1 aromatic carbocycles. The van der Waals surface area contributed by atoms with Gasteiger partial charge in [0.1, 0.15) is 5.69 Å². The van der Waals surface area contributed by atoms with Gasteiger partial charge in [-0.2, -0.15) is 0 Å². The number of hydrogen-bond donors (Lipinski definition) is 0. The van der Waals surface area contributed by atoms with Crippen LogP contribution in [0.3, 0.4) is 0 Å². The van der Waals surface area contributed by atoms with Crippen LogP contribution >= 0.6 is 0 Å². The Morgan fingerprint density at radius 3 is 2.53 bits per heavy atom. The normalized spacial score (nSPS) is 10.6. The maximum absolute atomic E-state index is 13.4. The van der Waals surface area contributed by atoms with Crippen molar-refractivity contribution >= 4 is 5.78 Å². The molecule has 0 bridgehead atoms. The van der Waals surface area contributed by atoms with Gasteiger partial charge in [-0.1, -0.05) is 5.21 Å². The third kappa shape index (κ3) is 1.79. The fourth-order valence-electron chi connectivity index (χ4n) is 1.33. The lowest BCUT2D eigenvalue weighted by molar-refractivity contribution is 0.102. The van der Waals surface area contributed by atoms with Crippen LogP contribution in [0.15, 0.2) is 18.3 Å². The number of hydrogen-bond acceptors (Lipinski definition) is 3. The van der Waals surface area contributed by atoms with E-state index in [0.29, 0.717) is 6.07 Å². The lowest BCUT2D eigenvalue weighted by Crippen LogP contribution is -2.11. The van der Waals surface area contributed by atoms with E-state index in [0.717, 1.165) is 16.9 Å². The Morgan fingerprint density at radius 2 is 1.94 bits per heavy atom. The van der Waals surface area contributed by atoms with Gasteiger partial charge in [0.05, 0.1) is 11.8 Å². The molecule has 0 fully saturated rings. The lowest BCUT2D eigenvalue weighted by atomic mass is 10.1. The van der Waals surface area contributed by atoms with E-state index in [1.54, 1.807) is 0 Å². The topological polar surface area (TPSA) is 47.8 Å². The molecule has 0 amide bonds. The highest BCUT2D eigenvalue weighted by Gasteiger charge is 2.22. The van der Waals surface area contributed by atoms with Gasteiger partial charge < -0.3 is 0 Å². The summed E-state index contributed by atoms with van der Waals surface area (Å²) in [4.78, 5) is 11.8. The number of carbonyl (C=O) groups is 1. The summed E-state index contributed by atoms with van der Waals surface area (Å²) in [5, 5.41) is 6.93. The van der Waals surface area contributed by atoms with Crippen LogP contribution in [0.2, 0.25) is 0 Å². The Bertz CT molecular complexity index is 594. The molecule has 0 radical (unpaired) electrons. The first kappa shape index (κ1) is 11.3. The van der Waals surface area contributed by atoms with E-state index >= 15 is 0 Å². The third-order valence-corrected chi connectivity index (χ3v) is 2.23. The van der Waals surface area contributed by atoms with Crippen molar-refractivity contribution in [2.45, 2.75) is 0 Å². The predicted molar refractivity (Wildman–Crippen MR) is 50.8 cm³/mol. The van der Waals surface area contributed by atoms with Crippen molar-refractivity contribution in [3.63, 3.8) is 0 Å². The summed E-state index contributed by atoms with van der Waals surface area (Å²) in [7, 11) is 1.43. The summed E-state index contributed by atoms with van der Waals surface area (Å²) in [5.74, 6) is -5.35. The molecule has 17 heavy (non-hydrogen) atoms. The molecule has 88 valence electrons. The minimum atomic E-state index is -1.68. The number of nitrogens with zero attached hydrogens (tertiary/aromatic N) is 3. The number of aromatic nitrogens is 3. The molecular weight excluding hydrogens is 235 g/mol. The Balaban J connectivity index is 2.53. The number of rotatable bonds is 2. The van der Waals surface area contributed by atoms with Crippen molar-refractivity contribution in [1.29, 1.82) is 0 Å². The van der Waals surface area contributed by atoms with Crippen molar-refractivity contribution in [2.24, 2.45) is 7.05 Å². The predicted octanol–water partition coefficient (Wildman–Crippen LogP) is 1.46. The van der Waals surface area contributed by atoms with Crippen LogP contribution in [-0.2, 0) is 7.05 Å². The van der Waals surface area contributed by atoms with Crippen LogP contribution < -0.4 is 0 Å². The zero-order chi connectivity index (χ0) is 12.6. The molecule has 7 heteroatoms. The Morgan fingerprint density at radius 1 is 1.24 bits per heavy atom. The highest BCUT2D eigenvalue weighted by molar-refractivity contribution is 6.07. The second-order valence-corrected chi connectivity index (χ2v) is 3.29. The van der Waals surface area contributed by atoms with E-state index in [9.17, 15) is 18.0 Å². The summed E-state index contributed by atoms with van der Waals surface area (Å²) in [6.45, 7) is 0. The molecule has 0 aliphatic rings. The summed E-state index contributed by atoms with van der Waals surface area (Å²) < 4.78 is 40.1. The van der Waals surface area contributed by atoms with Crippen LogP contribution in [0.1, 0.15) is 16.1 Å². The summed E-state index contributed by atoms with van der Waals surface area (Å²) >= 11 is 0. The molecule has 0 spiro atoms. The first-order valence-electron chi connectivity index (χ1n) is 4.55. The van der Waals surface area contributed by atoms with Gasteiger partial charge in [0.15, 0.2) is 17.5 Å². The molecule has 0 saturated heterocycles. The zero-order valence-corrected chi connectivity index (χ0v) is 8.62. The molecule has 2 rings (SSSR count). The van der Waals surface area contributed by atoms with Gasteiger partial charge in [0, 0.05) is 7.05 Å². The van der Waals surface area contributed by atoms with Crippen molar-refractivity contribution in [3.8, 4) is 0 Å². The molecule has 0 saturated carbocycles. The maximum Gasteiger partial charge on any atom is 0.215 e. The van der Waals surface area contributed by atoms with Crippen LogP contribution in [0.4, 0.5) is 13.2 Å². The summed E-state index contributed by atoms with van der Waals surface area (Å²) in [5.41, 5.74) is -0.579. The van der Waals surface area contributed by atoms with E-state index in [1.165, 1.54) is 7.05 Å². The number of aryl methyl sites for hydroxylation is 1. The smallest absolute Gasteiger partial charge is 0.215 e. The van der Waals surface area contributed by atoms with Gasteiger partial charge in [-0.3, -0.25) is 4.79 Å². The second kappa shape index (κ2) is 4.00. The Hall–Kier alpha value is -2.18. The van der Waals surface area contributed by atoms with Gasteiger partial charge in [0.25, 0.3) is 0 Å². The fraction of sp³-hybridized carbons (Fsp3) is 0.100. The molecule has 0 unspecified atom stereocenters. The van der Waals surface area contributed by atoms with Crippen molar-refractivity contribution < 1.29 is 18.0 Å². The molecule has 0 atom stereocenters. The highest BCUT2D eigenvalue weighted by Crippen LogP contribution is 2.17. The molecule has 0 N–H and O–H groups in total. The van der Waals surface area contributed by atoms with Gasteiger partial charge >= 0.3 is 0 Å². The number of carbonyl (C=O) groups excluding carboxylic acids is 1. The van der Waals surface area contributed by atoms with Crippen LogP contribution in [0.25, 0.3) is 0 Å². The first-order valence-corrected chi connectivity index (χ1v) is 4.55. The number of halogens is 3. The largest absolute Gasteiger partial charge is 0.287 e. The standard InChI is InChI=1S/C10H6F3N3O/c1-16-7(4-14-15-16)10(17)5-2-3-6(11)9(13)8(5)12/h2-4H,1H3. The average Bonchev–Trinajstić information content (AvgIpc) is 2.72. The highest BCUT2D eigenvalue weighted by atomic mass is 19.2. The quantitative estimate of drug-likeness (QED) is 0.590. The van der Waals surface area contributed by atoms with E-state index in [1.807, 2.05) is 0 Å². The summed E-state index contributed by atoms with van der Waals surface area (Å²) in [6.07, 6.45) is 1.11. The lowest BCUT2D eigenvalue weighted by Gasteiger charge is -2.03. The maximum atomic E-state index is 13.4. The van der Waals surface area contributed by atoms with Gasteiger partial charge in [0.2, 0.25) is 5.78 Å². The van der Waals surface area contributed by atoms with Crippen molar-refractivity contribution in [3.05, 3.63) is 47.0 Å². The monoisotopic (exact) mass is 241 g/mol. The molecule has 1 heterocycles. The van der Waals surface area contributed by atoms with Gasteiger partial charge in [-0.05, 0) is 12.1 Å². The van der Waals surface area contributed by atoms with E-state index in [4.69, 9.17) is 0 Å². The van der Waals surface area contributed by atoms with Crippen LogP contribution in [-0.4, -0.2) is 20.8 Å². The van der Waals surface area contributed by atoms with Crippen LogP contribution in [0, 0.1) is 17.5 Å². The van der Waals surface area contributed by atoms with Crippen molar-refractivity contribution in [1.82, 2.24) is 15.0 Å². The molecule has 1 aromatic heterocycles. The summed E-state index contributed by atoms with van der Waals surface area (Å²) in [6, 6.07) is 1.57. The van der Waals surface area contributed by atoms with E-state index in [-0.39, 0.29) is 5.69 Å². The SMILES string of the molecule is Cn1nncc1C(=O)c1ccc(F)c(F)c1F. The molecule has 4 nitrogen and oxygen atoms in total. The van der Waals surface area contributed by atoms with Gasteiger partial charge in [-0.25, -0.2) is 17.9 Å². The minimum Gasteiger partial charge on any atom is -0.287 e. The molecular formula is C10H6F3N3O. The Kier molecular flexibility index (Phi) is 2.66.